The number of fused-ring (bicyclic) bond motifs is 1. The Morgan fingerprint density at radius 1 is 1.15 bits per heavy atom. The summed E-state index contributed by atoms with van der Waals surface area (Å²) in [4.78, 5) is 34.3. The zero-order chi connectivity index (χ0) is 19.0. The minimum absolute atomic E-state index is 0.338. The lowest BCUT2D eigenvalue weighted by atomic mass is 10.3. The van der Waals surface area contributed by atoms with Gasteiger partial charge in [0.05, 0.1) is 0 Å². The van der Waals surface area contributed by atoms with Gasteiger partial charge in [0.15, 0.2) is 11.2 Å². The maximum absolute atomic E-state index is 12.8. The van der Waals surface area contributed by atoms with Gasteiger partial charge in [-0.15, -0.1) is 0 Å². The van der Waals surface area contributed by atoms with E-state index in [0.717, 1.165) is 37.3 Å². The van der Waals surface area contributed by atoms with Crippen molar-refractivity contribution in [2.45, 2.75) is 20.4 Å². The van der Waals surface area contributed by atoms with Gasteiger partial charge in [0.25, 0.3) is 5.56 Å². The molecule has 2 aromatic heterocycles. The van der Waals surface area contributed by atoms with Crippen LogP contribution in [0.4, 0.5) is 5.95 Å². The standard InChI is InChI=1S/C17H25ClN6O2/c1-5-22-8-10-23(11-9-22)16-19-14-13(24(16)7-6-12(2)18)15(25)21(4)17(26)20(14)3/h6H,5,7-11H2,1-4H3/b12-6-. The number of aryl methyl sites for hydroxylation is 1. The van der Waals surface area contributed by atoms with Gasteiger partial charge in [-0.3, -0.25) is 13.9 Å². The lowest BCUT2D eigenvalue weighted by Crippen LogP contribution is -2.47. The Kier molecular flexibility index (Phi) is 5.24. The summed E-state index contributed by atoms with van der Waals surface area (Å²) in [6.45, 7) is 8.95. The average Bonchev–Trinajstić information content (AvgIpc) is 3.02. The van der Waals surface area contributed by atoms with Gasteiger partial charge < -0.3 is 14.4 Å². The van der Waals surface area contributed by atoms with Crippen molar-refractivity contribution in [2.75, 3.05) is 37.6 Å². The lowest BCUT2D eigenvalue weighted by Gasteiger charge is -2.34. The Bertz CT molecular complexity index is 958. The average molecular weight is 381 g/mol. The molecule has 1 fully saturated rings. The first-order valence-corrected chi connectivity index (χ1v) is 9.18. The van der Waals surface area contributed by atoms with E-state index < -0.39 is 0 Å². The van der Waals surface area contributed by atoms with Gasteiger partial charge in [-0.05, 0) is 13.5 Å². The van der Waals surface area contributed by atoms with E-state index >= 15 is 0 Å². The molecule has 0 amide bonds. The quantitative estimate of drug-likeness (QED) is 0.781. The van der Waals surface area contributed by atoms with Crippen LogP contribution in [0.15, 0.2) is 20.7 Å². The summed E-state index contributed by atoms with van der Waals surface area (Å²) in [5, 5.41) is 0.648. The van der Waals surface area contributed by atoms with Crippen molar-refractivity contribution in [3.8, 4) is 0 Å². The van der Waals surface area contributed by atoms with Gasteiger partial charge in [-0.25, -0.2) is 4.79 Å². The highest BCUT2D eigenvalue weighted by Crippen LogP contribution is 2.21. The summed E-state index contributed by atoms with van der Waals surface area (Å²) in [6, 6.07) is 0. The number of hydrogen-bond donors (Lipinski definition) is 0. The number of piperazine rings is 1. The number of rotatable bonds is 4. The molecule has 0 aliphatic carbocycles. The molecular formula is C17H25ClN6O2. The molecule has 142 valence electrons. The molecule has 0 saturated carbocycles. The summed E-state index contributed by atoms with van der Waals surface area (Å²) in [7, 11) is 3.13. The second kappa shape index (κ2) is 7.28. The summed E-state index contributed by atoms with van der Waals surface area (Å²) in [5.74, 6) is 0.711. The van der Waals surface area contributed by atoms with Crippen molar-refractivity contribution in [2.24, 2.45) is 14.1 Å². The molecule has 0 unspecified atom stereocenters. The maximum atomic E-state index is 12.8. The Labute approximate surface area is 156 Å². The van der Waals surface area contributed by atoms with Crippen molar-refractivity contribution in [3.05, 3.63) is 31.9 Å². The molecule has 0 bridgehead atoms. The molecule has 0 spiro atoms. The zero-order valence-electron chi connectivity index (χ0n) is 15.7. The molecule has 0 radical (unpaired) electrons. The SMILES string of the molecule is CCN1CCN(c2nc3c(c(=O)n(C)c(=O)n3C)n2C/C=C(/C)Cl)CC1. The van der Waals surface area contributed by atoms with E-state index in [4.69, 9.17) is 11.6 Å². The van der Waals surface area contributed by atoms with Crippen molar-refractivity contribution in [1.29, 1.82) is 0 Å². The van der Waals surface area contributed by atoms with Crippen LogP contribution in [-0.4, -0.2) is 56.3 Å². The number of allylic oxidation sites excluding steroid dienone is 2. The maximum Gasteiger partial charge on any atom is 0.332 e. The van der Waals surface area contributed by atoms with Crippen LogP contribution in [0, 0.1) is 0 Å². The fourth-order valence-corrected chi connectivity index (χ4v) is 3.40. The first kappa shape index (κ1) is 18.7. The van der Waals surface area contributed by atoms with Crippen LogP contribution in [0.2, 0.25) is 0 Å². The third-order valence-corrected chi connectivity index (χ3v) is 5.14. The molecular weight excluding hydrogens is 356 g/mol. The van der Waals surface area contributed by atoms with E-state index in [2.05, 4.69) is 21.7 Å². The number of aromatic nitrogens is 4. The van der Waals surface area contributed by atoms with E-state index in [9.17, 15) is 9.59 Å². The Morgan fingerprint density at radius 2 is 1.81 bits per heavy atom. The normalized spacial score (nSPS) is 16.7. The Morgan fingerprint density at radius 3 is 2.38 bits per heavy atom. The van der Waals surface area contributed by atoms with Crippen molar-refractivity contribution < 1.29 is 0 Å². The van der Waals surface area contributed by atoms with E-state index in [1.54, 1.807) is 14.0 Å². The minimum atomic E-state index is -0.376. The molecule has 0 N–H and O–H groups in total. The van der Waals surface area contributed by atoms with Gasteiger partial charge >= 0.3 is 5.69 Å². The molecule has 1 aliphatic heterocycles. The van der Waals surface area contributed by atoms with Crippen LogP contribution in [-0.2, 0) is 20.6 Å². The van der Waals surface area contributed by atoms with Gasteiger partial charge in [-0.1, -0.05) is 24.6 Å². The van der Waals surface area contributed by atoms with Crippen LogP contribution >= 0.6 is 11.6 Å². The number of imidazole rings is 1. The van der Waals surface area contributed by atoms with E-state index in [0.29, 0.717) is 28.7 Å². The number of anilines is 1. The smallest absolute Gasteiger partial charge is 0.332 e. The van der Waals surface area contributed by atoms with Crippen LogP contribution in [0.25, 0.3) is 11.2 Å². The number of halogens is 1. The van der Waals surface area contributed by atoms with Crippen LogP contribution in [0.1, 0.15) is 13.8 Å². The number of nitrogens with zero attached hydrogens (tertiary/aromatic N) is 6. The van der Waals surface area contributed by atoms with E-state index in [1.807, 2.05) is 10.6 Å². The molecule has 3 heterocycles. The number of hydrogen-bond acceptors (Lipinski definition) is 5. The summed E-state index contributed by atoms with van der Waals surface area (Å²) >= 11 is 6.02. The number of likely N-dealkylation sites (N-methyl/N-ethyl adjacent to an activating group) is 1. The highest BCUT2D eigenvalue weighted by molar-refractivity contribution is 6.29. The monoisotopic (exact) mass is 380 g/mol. The predicted octanol–water partition coefficient (Wildman–Crippen LogP) is 0.718. The minimum Gasteiger partial charge on any atom is -0.340 e. The predicted molar refractivity (Wildman–Crippen MR) is 104 cm³/mol. The molecule has 0 atom stereocenters. The summed E-state index contributed by atoms with van der Waals surface area (Å²) < 4.78 is 4.41. The van der Waals surface area contributed by atoms with Crippen molar-refractivity contribution >= 4 is 28.7 Å². The fraction of sp³-hybridized carbons (Fsp3) is 0.588. The third kappa shape index (κ3) is 3.19. The zero-order valence-corrected chi connectivity index (χ0v) is 16.5. The Balaban J connectivity index is 2.19. The lowest BCUT2D eigenvalue weighted by molar-refractivity contribution is 0.269. The molecule has 1 saturated heterocycles. The van der Waals surface area contributed by atoms with Crippen LogP contribution in [0.3, 0.4) is 0 Å². The fourth-order valence-electron chi connectivity index (χ4n) is 3.33. The van der Waals surface area contributed by atoms with Crippen molar-refractivity contribution in [1.82, 2.24) is 23.6 Å². The highest BCUT2D eigenvalue weighted by Gasteiger charge is 2.24. The van der Waals surface area contributed by atoms with E-state index in [1.165, 1.54) is 11.6 Å². The molecule has 9 heteroatoms. The summed E-state index contributed by atoms with van der Waals surface area (Å²) in [6.07, 6.45) is 1.85. The van der Waals surface area contributed by atoms with E-state index in [-0.39, 0.29) is 11.2 Å². The third-order valence-electron chi connectivity index (χ3n) is 4.99. The molecule has 26 heavy (non-hydrogen) atoms. The van der Waals surface area contributed by atoms with Gasteiger partial charge in [-0.2, -0.15) is 4.98 Å². The van der Waals surface area contributed by atoms with Gasteiger partial charge in [0, 0.05) is 51.9 Å². The summed E-state index contributed by atoms with van der Waals surface area (Å²) in [5.41, 5.74) is 0.122. The Hall–Kier alpha value is -2.06. The second-order valence-corrected chi connectivity index (χ2v) is 7.21. The largest absolute Gasteiger partial charge is 0.340 e. The topological polar surface area (TPSA) is 68.3 Å². The van der Waals surface area contributed by atoms with Crippen molar-refractivity contribution in [3.63, 3.8) is 0 Å². The first-order chi connectivity index (χ1) is 12.3. The van der Waals surface area contributed by atoms with Gasteiger partial charge in [0.2, 0.25) is 5.95 Å². The molecule has 3 rings (SSSR count). The van der Waals surface area contributed by atoms with Crippen LogP contribution < -0.4 is 16.1 Å². The van der Waals surface area contributed by atoms with Crippen LogP contribution in [0.5, 0.6) is 0 Å². The van der Waals surface area contributed by atoms with Gasteiger partial charge in [0.1, 0.15) is 0 Å². The molecule has 2 aromatic rings. The second-order valence-electron chi connectivity index (χ2n) is 6.61. The highest BCUT2D eigenvalue weighted by atomic mass is 35.5. The first-order valence-electron chi connectivity index (χ1n) is 8.81. The molecule has 8 nitrogen and oxygen atoms in total. The molecule has 0 aromatic carbocycles. The molecule has 1 aliphatic rings.